The highest BCUT2D eigenvalue weighted by Crippen LogP contribution is 2.17. The molecule has 0 saturated heterocycles. The Labute approximate surface area is 84.5 Å². The Morgan fingerprint density at radius 2 is 2.14 bits per heavy atom. The van der Waals surface area contributed by atoms with Gasteiger partial charge in [0.1, 0.15) is 5.75 Å². The molecular weight excluding hydrogens is 176 g/mol. The van der Waals surface area contributed by atoms with Crippen LogP contribution in [-0.2, 0) is 6.61 Å². The predicted octanol–water partition coefficient (Wildman–Crippen LogP) is 1.97. The first-order valence-corrected chi connectivity index (χ1v) is 4.63. The molecular formula is C12H14O2. The molecule has 0 aliphatic carbocycles. The SMILES string of the molecule is C#CCCCOc1ccccc1CO. The number of ether oxygens (including phenoxy) is 1. The minimum Gasteiger partial charge on any atom is -0.493 e. The normalized spacial score (nSPS) is 9.43. The smallest absolute Gasteiger partial charge is 0.124 e. The summed E-state index contributed by atoms with van der Waals surface area (Å²) in [6.45, 7) is 0.604. The topological polar surface area (TPSA) is 29.5 Å². The third kappa shape index (κ3) is 3.12. The summed E-state index contributed by atoms with van der Waals surface area (Å²) in [4.78, 5) is 0. The molecule has 0 aliphatic rings. The molecule has 0 radical (unpaired) electrons. The van der Waals surface area contributed by atoms with Crippen molar-refractivity contribution >= 4 is 0 Å². The van der Waals surface area contributed by atoms with Gasteiger partial charge in [0, 0.05) is 12.0 Å². The fourth-order valence-electron chi connectivity index (χ4n) is 1.13. The lowest BCUT2D eigenvalue weighted by atomic mass is 10.2. The number of para-hydroxylation sites is 1. The lowest BCUT2D eigenvalue weighted by Gasteiger charge is -2.08. The second-order valence-electron chi connectivity index (χ2n) is 2.92. The number of aliphatic hydroxyl groups is 1. The first kappa shape index (κ1) is 10.6. The fourth-order valence-corrected chi connectivity index (χ4v) is 1.13. The summed E-state index contributed by atoms with van der Waals surface area (Å²) in [5, 5.41) is 9.01. The van der Waals surface area contributed by atoms with Gasteiger partial charge in [-0.25, -0.2) is 0 Å². The van der Waals surface area contributed by atoms with Gasteiger partial charge in [0.05, 0.1) is 13.2 Å². The zero-order chi connectivity index (χ0) is 10.2. The number of unbranched alkanes of at least 4 members (excludes halogenated alkanes) is 1. The largest absolute Gasteiger partial charge is 0.493 e. The van der Waals surface area contributed by atoms with Gasteiger partial charge in [0.2, 0.25) is 0 Å². The van der Waals surface area contributed by atoms with Gasteiger partial charge in [-0.1, -0.05) is 18.2 Å². The van der Waals surface area contributed by atoms with Gasteiger partial charge in [-0.2, -0.15) is 0 Å². The van der Waals surface area contributed by atoms with Gasteiger partial charge in [-0.05, 0) is 12.5 Å². The highest BCUT2D eigenvalue weighted by atomic mass is 16.5. The quantitative estimate of drug-likeness (QED) is 0.568. The molecule has 0 unspecified atom stereocenters. The van der Waals surface area contributed by atoms with E-state index in [2.05, 4.69) is 5.92 Å². The van der Waals surface area contributed by atoms with Crippen LogP contribution in [0, 0.1) is 12.3 Å². The van der Waals surface area contributed by atoms with Crippen molar-refractivity contribution in [1.82, 2.24) is 0 Å². The number of hydrogen-bond acceptors (Lipinski definition) is 2. The van der Waals surface area contributed by atoms with E-state index in [9.17, 15) is 0 Å². The van der Waals surface area contributed by atoms with Gasteiger partial charge in [-0.3, -0.25) is 0 Å². The van der Waals surface area contributed by atoms with Crippen LogP contribution in [0.5, 0.6) is 5.75 Å². The summed E-state index contributed by atoms with van der Waals surface area (Å²) in [6.07, 6.45) is 6.69. The van der Waals surface area contributed by atoms with E-state index in [1.54, 1.807) is 0 Å². The molecule has 1 rings (SSSR count). The lowest BCUT2D eigenvalue weighted by molar-refractivity contribution is 0.262. The van der Waals surface area contributed by atoms with Crippen LogP contribution in [0.15, 0.2) is 24.3 Å². The molecule has 74 valence electrons. The van der Waals surface area contributed by atoms with Crippen molar-refractivity contribution in [2.24, 2.45) is 0 Å². The van der Waals surface area contributed by atoms with Gasteiger partial charge >= 0.3 is 0 Å². The molecule has 1 aromatic rings. The van der Waals surface area contributed by atoms with Crippen molar-refractivity contribution < 1.29 is 9.84 Å². The van der Waals surface area contributed by atoms with E-state index >= 15 is 0 Å². The maximum absolute atomic E-state index is 9.01. The second kappa shape index (κ2) is 6.06. The molecule has 0 spiro atoms. The number of rotatable bonds is 5. The molecule has 0 fully saturated rings. The third-order valence-electron chi connectivity index (χ3n) is 1.87. The second-order valence-corrected chi connectivity index (χ2v) is 2.92. The van der Waals surface area contributed by atoms with Crippen LogP contribution in [-0.4, -0.2) is 11.7 Å². The molecule has 0 heterocycles. The monoisotopic (exact) mass is 190 g/mol. The van der Waals surface area contributed by atoms with Crippen molar-refractivity contribution in [2.75, 3.05) is 6.61 Å². The number of benzene rings is 1. The summed E-state index contributed by atoms with van der Waals surface area (Å²) in [6, 6.07) is 7.45. The Morgan fingerprint density at radius 3 is 2.86 bits per heavy atom. The molecule has 2 nitrogen and oxygen atoms in total. The first-order valence-electron chi connectivity index (χ1n) is 4.63. The van der Waals surface area contributed by atoms with Crippen molar-refractivity contribution in [1.29, 1.82) is 0 Å². The minimum atomic E-state index is 0.00527. The minimum absolute atomic E-state index is 0.00527. The van der Waals surface area contributed by atoms with Crippen LogP contribution < -0.4 is 4.74 Å². The average Bonchev–Trinajstić information content (AvgIpc) is 2.25. The number of aliphatic hydroxyl groups excluding tert-OH is 1. The molecule has 0 saturated carbocycles. The van der Waals surface area contributed by atoms with E-state index < -0.39 is 0 Å². The summed E-state index contributed by atoms with van der Waals surface area (Å²) >= 11 is 0. The van der Waals surface area contributed by atoms with Crippen LogP contribution in [0.4, 0.5) is 0 Å². The molecule has 0 aromatic heterocycles. The van der Waals surface area contributed by atoms with E-state index in [-0.39, 0.29) is 6.61 Å². The van der Waals surface area contributed by atoms with Crippen molar-refractivity contribution in [3.63, 3.8) is 0 Å². The summed E-state index contributed by atoms with van der Waals surface area (Å²) in [7, 11) is 0. The first-order chi connectivity index (χ1) is 6.88. The molecule has 0 bridgehead atoms. The highest BCUT2D eigenvalue weighted by molar-refractivity contribution is 5.32. The summed E-state index contributed by atoms with van der Waals surface area (Å²) in [5.74, 6) is 3.30. The predicted molar refractivity (Wildman–Crippen MR) is 55.9 cm³/mol. The molecule has 14 heavy (non-hydrogen) atoms. The summed E-state index contributed by atoms with van der Waals surface area (Å²) in [5.41, 5.74) is 0.813. The number of hydrogen-bond donors (Lipinski definition) is 1. The number of terminal acetylenes is 1. The molecule has 0 aliphatic heterocycles. The summed E-state index contributed by atoms with van der Waals surface area (Å²) < 4.78 is 5.47. The fraction of sp³-hybridized carbons (Fsp3) is 0.333. The van der Waals surface area contributed by atoms with E-state index in [4.69, 9.17) is 16.3 Å². The van der Waals surface area contributed by atoms with Crippen LogP contribution in [0.25, 0.3) is 0 Å². The molecule has 2 heteroatoms. The van der Waals surface area contributed by atoms with Gasteiger partial charge in [0.25, 0.3) is 0 Å². The van der Waals surface area contributed by atoms with E-state index in [1.165, 1.54) is 0 Å². The molecule has 1 N–H and O–H groups in total. The maximum atomic E-state index is 9.01. The van der Waals surface area contributed by atoms with Gasteiger partial charge in [0.15, 0.2) is 0 Å². The molecule has 0 amide bonds. The maximum Gasteiger partial charge on any atom is 0.124 e. The van der Waals surface area contributed by atoms with Crippen LogP contribution in [0.3, 0.4) is 0 Å². The van der Waals surface area contributed by atoms with Crippen molar-refractivity contribution in [3.8, 4) is 18.1 Å². The van der Waals surface area contributed by atoms with Crippen molar-refractivity contribution in [2.45, 2.75) is 19.4 Å². The molecule has 1 aromatic carbocycles. The Hall–Kier alpha value is -1.46. The van der Waals surface area contributed by atoms with E-state index in [1.807, 2.05) is 24.3 Å². The zero-order valence-corrected chi connectivity index (χ0v) is 8.07. The van der Waals surface area contributed by atoms with Crippen LogP contribution in [0.1, 0.15) is 18.4 Å². The Morgan fingerprint density at radius 1 is 1.36 bits per heavy atom. The van der Waals surface area contributed by atoms with Gasteiger partial charge in [-0.15, -0.1) is 12.3 Å². The van der Waals surface area contributed by atoms with E-state index in [0.29, 0.717) is 6.61 Å². The third-order valence-corrected chi connectivity index (χ3v) is 1.87. The lowest BCUT2D eigenvalue weighted by Crippen LogP contribution is -1.99. The van der Waals surface area contributed by atoms with Crippen LogP contribution in [0.2, 0.25) is 0 Å². The Bertz CT molecular complexity index is 312. The standard InChI is InChI=1S/C12H14O2/c1-2-3-6-9-14-12-8-5-4-7-11(12)10-13/h1,4-5,7-8,13H,3,6,9-10H2. The molecule has 0 atom stereocenters. The van der Waals surface area contributed by atoms with Crippen molar-refractivity contribution in [3.05, 3.63) is 29.8 Å². The zero-order valence-electron chi connectivity index (χ0n) is 8.07. The van der Waals surface area contributed by atoms with Crippen LogP contribution >= 0.6 is 0 Å². The van der Waals surface area contributed by atoms with E-state index in [0.717, 1.165) is 24.2 Å². The Balaban J connectivity index is 2.46. The average molecular weight is 190 g/mol. The Kier molecular flexibility index (Phi) is 4.60. The highest BCUT2D eigenvalue weighted by Gasteiger charge is 1.99. The van der Waals surface area contributed by atoms with Gasteiger partial charge < -0.3 is 9.84 Å².